The Kier molecular flexibility index (Phi) is 2.38. The molecule has 88 valence electrons. The van der Waals surface area contributed by atoms with E-state index in [1.807, 2.05) is 0 Å². The first kappa shape index (κ1) is 11.5. The maximum Gasteiger partial charge on any atom is 0.264 e. The van der Waals surface area contributed by atoms with Crippen LogP contribution in [0.1, 0.15) is 25.7 Å². The highest BCUT2D eigenvalue weighted by Gasteiger charge is 2.54. The molecule has 0 unspecified atom stereocenters. The molecule has 0 amide bonds. The summed E-state index contributed by atoms with van der Waals surface area (Å²) in [6.07, 6.45) is -1.04. The molecule has 2 aliphatic rings. The molecule has 6 heteroatoms. The van der Waals surface area contributed by atoms with Gasteiger partial charge in [0.05, 0.1) is 5.41 Å². The minimum atomic E-state index is -1.44. The zero-order valence-corrected chi connectivity index (χ0v) is 8.78. The second-order valence-corrected chi connectivity index (χ2v) is 4.39. The third-order valence-corrected chi connectivity index (χ3v) is 3.28. The number of hydrogen-bond donors (Lipinski definition) is 0. The maximum atomic E-state index is 11.7. The Hall–Kier alpha value is -1.98. The van der Waals surface area contributed by atoms with Gasteiger partial charge in [-0.1, -0.05) is 0 Å². The lowest BCUT2D eigenvalue weighted by molar-refractivity contribution is -0.158. The van der Waals surface area contributed by atoms with Gasteiger partial charge < -0.3 is 0 Å². The number of Topliss-reactive ketones (excluding diaryl/α,β-unsaturated/α-hetero) is 6. The van der Waals surface area contributed by atoms with E-state index in [-0.39, 0.29) is 12.8 Å². The molecule has 0 heterocycles. The van der Waals surface area contributed by atoms with Gasteiger partial charge in [0.2, 0.25) is 23.1 Å². The lowest BCUT2D eigenvalue weighted by Crippen LogP contribution is -2.52. The number of ketones is 6. The molecule has 0 N–H and O–H groups in total. The fourth-order valence-corrected chi connectivity index (χ4v) is 2.28. The van der Waals surface area contributed by atoms with E-state index in [1.165, 1.54) is 0 Å². The highest BCUT2D eigenvalue weighted by atomic mass is 16.2. The Morgan fingerprint density at radius 2 is 1.24 bits per heavy atom. The molecule has 2 saturated carbocycles. The van der Waals surface area contributed by atoms with Gasteiger partial charge in [0.25, 0.3) is 11.6 Å². The Balaban J connectivity index is 2.38. The second-order valence-electron chi connectivity index (χ2n) is 4.39. The van der Waals surface area contributed by atoms with Gasteiger partial charge in [0.15, 0.2) is 0 Å². The Morgan fingerprint density at radius 1 is 0.706 bits per heavy atom. The van der Waals surface area contributed by atoms with Gasteiger partial charge in [0, 0.05) is 19.3 Å². The minimum Gasteiger partial charge on any atom is -0.290 e. The van der Waals surface area contributed by atoms with E-state index >= 15 is 0 Å². The zero-order chi connectivity index (χ0) is 12.8. The van der Waals surface area contributed by atoms with Gasteiger partial charge in [-0.25, -0.2) is 0 Å². The SMILES string of the molecule is O=C1CC2(CCC(=O)C(=O)C2=O)CC(=O)C1=O. The summed E-state index contributed by atoms with van der Waals surface area (Å²) >= 11 is 0. The summed E-state index contributed by atoms with van der Waals surface area (Å²) in [5.74, 6) is -5.96. The second kappa shape index (κ2) is 3.51. The van der Waals surface area contributed by atoms with Gasteiger partial charge in [-0.05, 0) is 6.42 Å². The molecule has 2 fully saturated rings. The van der Waals surface area contributed by atoms with Gasteiger partial charge in [-0.15, -0.1) is 0 Å². The molecule has 0 bridgehead atoms. The monoisotopic (exact) mass is 236 g/mol. The molecule has 0 aliphatic heterocycles. The van der Waals surface area contributed by atoms with E-state index in [2.05, 4.69) is 0 Å². The third-order valence-electron chi connectivity index (χ3n) is 3.28. The van der Waals surface area contributed by atoms with Crippen molar-refractivity contribution < 1.29 is 28.8 Å². The van der Waals surface area contributed by atoms with Gasteiger partial charge in [-0.2, -0.15) is 0 Å². The Morgan fingerprint density at radius 3 is 1.76 bits per heavy atom. The molecule has 0 aromatic rings. The maximum absolute atomic E-state index is 11.7. The highest BCUT2D eigenvalue weighted by molar-refractivity contribution is 6.69. The van der Waals surface area contributed by atoms with Crippen molar-refractivity contribution in [2.24, 2.45) is 5.41 Å². The molecule has 0 aromatic heterocycles. The van der Waals surface area contributed by atoms with Crippen LogP contribution in [0.25, 0.3) is 0 Å². The predicted octanol–water partition coefficient (Wildman–Crippen LogP) is -1.03. The van der Waals surface area contributed by atoms with Crippen molar-refractivity contribution in [3.63, 3.8) is 0 Å². The van der Waals surface area contributed by atoms with E-state index in [9.17, 15) is 28.8 Å². The van der Waals surface area contributed by atoms with Crippen molar-refractivity contribution in [2.45, 2.75) is 25.7 Å². The molecule has 0 saturated heterocycles. The fraction of sp³-hybridized carbons (Fsp3) is 0.455. The summed E-state index contributed by atoms with van der Waals surface area (Å²) in [5.41, 5.74) is -1.44. The Bertz CT molecular complexity index is 478. The summed E-state index contributed by atoms with van der Waals surface area (Å²) in [7, 11) is 0. The first-order valence-corrected chi connectivity index (χ1v) is 5.10. The van der Waals surface area contributed by atoms with Crippen molar-refractivity contribution in [1.29, 1.82) is 0 Å². The smallest absolute Gasteiger partial charge is 0.264 e. The number of rotatable bonds is 0. The molecule has 6 nitrogen and oxygen atoms in total. The van der Waals surface area contributed by atoms with E-state index in [0.29, 0.717) is 0 Å². The fourth-order valence-electron chi connectivity index (χ4n) is 2.28. The van der Waals surface area contributed by atoms with Crippen molar-refractivity contribution in [2.75, 3.05) is 0 Å². The van der Waals surface area contributed by atoms with Crippen LogP contribution in [-0.2, 0) is 28.8 Å². The van der Waals surface area contributed by atoms with E-state index in [0.717, 1.165) is 0 Å². The summed E-state index contributed by atoms with van der Waals surface area (Å²) < 4.78 is 0. The van der Waals surface area contributed by atoms with Crippen LogP contribution in [0, 0.1) is 5.41 Å². The van der Waals surface area contributed by atoms with Crippen LogP contribution in [0.2, 0.25) is 0 Å². The normalized spacial score (nSPS) is 24.7. The topological polar surface area (TPSA) is 102 Å². The molecular formula is C11H8O6. The van der Waals surface area contributed by atoms with Crippen LogP contribution in [0.5, 0.6) is 0 Å². The van der Waals surface area contributed by atoms with Crippen LogP contribution in [-0.4, -0.2) is 34.7 Å². The standard InChI is InChI=1S/C11H8O6/c12-5-1-2-11(10(17)9(5)16)3-6(13)8(15)7(14)4-11/h1-4H2. The predicted molar refractivity (Wildman–Crippen MR) is 50.9 cm³/mol. The van der Waals surface area contributed by atoms with Crippen LogP contribution >= 0.6 is 0 Å². The molecule has 1 spiro atoms. The number of carbonyl (C=O) groups is 6. The molecule has 0 radical (unpaired) electrons. The van der Waals surface area contributed by atoms with Crippen molar-refractivity contribution >= 4 is 34.7 Å². The first-order chi connectivity index (χ1) is 7.87. The van der Waals surface area contributed by atoms with E-state index < -0.39 is 53.0 Å². The zero-order valence-electron chi connectivity index (χ0n) is 8.78. The van der Waals surface area contributed by atoms with E-state index in [1.54, 1.807) is 0 Å². The van der Waals surface area contributed by atoms with Crippen LogP contribution < -0.4 is 0 Å². The average molecular weight is 236 g/mol. The largest absolute Gasteiger partial charge is 0.290 e. The molecule has 0 atom stereocenters. The summed E-state index contributed by atoms with van der Waals surface area (Å²) in [5, 5.41) is 0. The first-order valence-electron chi connectivity index (χ1n) is 5.10. The molecule has 2 aliphatic carbocycles. The average Bonchev–Trinajstić information content (AvgIpc) is 2.29. The molecule has 17 heavy (non-hydrogen) atoms. The lowest BCUT2D eigenvalue weighted by Gasteiger charge is -2.34. The van der Waals surface area contributed by atoms with Crippen LogP contribution in [0.4, 0.5) is 0 Å². The van der Waals surface area contributed by atoms with Crippen LogP contribution in [0.15, 0.2) is 0 Å². The van der Waals surface area contributed by atoms with Gasteiger partial charge in [-0.3, -0.25) is 28.8 Å². The van der Waals surface area contributed by atoms with Crippen molar-refractivity contribution in [3.05, 3.63) is 0 Å². The molecule has 0 aromatic carbocycles. The van der Waals surface area contributed by atoms with Gasteiger partial charge >= 0.3 is 0 Å². The van der Waals surface area contributed by atoms with Gasteiger partial charge in [0.1, 0.15) is 0 Å². The van der Waals surface area contributed by atoms with Crippen LogP contribution in [0.3, 0.4) is 0 Å². The minimum absolute atomic E-state index is 0.0127. The van der Waals surface area contributed by atoms with E-state index in [4.69, 9.17) is 0 Å². The van der Waals surface area contributed by atoms with Crippen molar-refractivity contribution in [1.82, 2.24) is 0 Å². The molecule has 2 rings (SSSR count). The van der Waals surface area contributed by atoms with Crippen molar-refractivity contribution in [3.8, 4) is 0 Å². The summed E-state index contributed by atoms with van der Waals surface area (Å²) in [6.45, 7) is 0. The summed E-state index contributed by atoms with van der Waals surface area (Å²) in [4.78, 5) is 67.7. The number of hydrogen-bond acceptors (Lipinski definition) is 6. The number of carbonyl (C=O) groups excluding carboxylic acids is 6. The molecular weight excluding hydrogens is 228 g/mol. The lowest BCUT2D eigenvalue weighted by atomic mass is 9.63. The quantitative estimate of drug-likeness (QED) is 0.498. The highest BCUT2D eigenvalue weighted by Crippen LogP contribution is 2.40. The summed E-state index contributed by atoms with van der Waals surface area (Å²) in [6, 6.07) is 0. The Labute approximate surface area is 95.3 Å². The third kappa shape index (κ3) is 1.56.